The summed E-state index contributed by atoms with van der Waals surface area (Å²) in [7, 11) is 0. The Labute approximate surface area is 120 Å². The second kappa shape index (κ2) is 7.10. The second-order valence-electron chi connectivity index (χ2n) is 5.37. The molecule has 0 spiro atoms. The molecule has 0 saturated carbocycles. The van der Waals surface area contributed by atoms with Gasteiger partial charge in [-0.2, -0.15) is 0 Å². The second-order valence-corrected chi connectivity index (χ2v) is 5.37. The van der Waals surface area contributed by atoms with Crippen molar-refractivity contribution in [1.29, 1.82) is 0 Å². The van der Waals surface area contributed by atoms with E-state index in [2.05, 4.69) is 24.1 Å². The van der Waals surface area contributed by atoms with Gasteiger partial charge in [0.2, 0.25) is 0 Å². The SMILES string of the molecule is CC(C)COCCCNc1ccc(N)c2ccncc12. The number of nitrogens with two attached hydrogens (primary N) is 1. The molecule has 0 radical (unpaired) electrons. The quantitative estimate of drug-likeness (QED) is 0.600. The molecule has 0 saturated heterocycles. The molecule has 0 atom stereocenters. The number of hydrogen-bond donors (Lipinski definition) is 2. The third-order valence-corrected chi connectivity index (χ3v) is 3.08. The van der Waals surface area contributed by atoms with Crippen LogP contribution in [0.2, 0.25) is 0 Å². The van der Waals surface area contributed by atoms with E-state index >= 15 is 0 Å². The molecule has 0 unspecified atom stereocenters. The van der Waals surface area contributed by atoms with Gasteiger partial charge in [-0.25, -0.2) is 0 Å². The van der Waals surface area contributed by atoms with Crippen LogP contribution in [0.4, 0.5) is 11.4 Å². The van der Waals surface area contributed by atoms with E-state index in [0.717, 1.165) is 48.3 Å². The Bertz CT molecular complexity index is 554. The zero-order chi connectivity index (χ0) is 14.4. The van der Waals surface area contributed by atoms with E-state index < -0.39 is 0 Å². The number of hydrogen-bond acceptors (Lipinski definition) is 4. The Morgan fingerprint density at radius 2 is 2.10 bits per heavy atom. The standard InChI is InChI=1S/C16H23N3O/c1-12(2)11-20-9-3-7-19-16-5-4-15(17)13-6-8-18-10-14(13)16/h4-6,8,10,12,19H,3,7,9,11,17H2,1-2H3. The number of nitrogen functional groups attached to an aromatic ring is 1. The van der Waals surface area contributed by atoms with Crippen molar-refractivity contribution in [1.82, 2.24) is 4.98 Å². The number of benzene rings is 1. The highest BCUT2D eigenvalue weighted by molar-refractivity contribution is 6.00. The van der Waals surface area contributed by atoms with Crippen LogP contribution in [0.15, 0.2) is 30.6 Å². The number of aromatic nitrogens is 1. The number of fused-ring (bicyclic) bond motifs is 1. The van der Waals surface area contributed by atoms with Gasteiger partial charge in [0.15, 0.2) is 0 Å². The van der Waals surface area contributed by atoms with Crippen molar-refractivity contribution >= 4 is 22.1 Å². The van der Waals surface area contributed by atoms with Crippen molar-refractivity contribution in [3.8, 4) is 0 Å². The lowest BCUT2D eigenvalue weighted by atomic mass is 10.1. The van der Waals surface area contributed by atoms with E-state index in [0.29, 0.717) is 5.92 Å². The minimum atomic E-state index is 0.593. The molecule has 0 amide bonds. The normalized spacial score (nSPS) is 11.2. The van der Waals surface area contributed by atoms with Crippen LogP contribution in [0.5, 0.6) is 0 Å². The fourth-order valence-corrected chi connectivity index (χ4v) is 2.08. The molecule has 0 aliphatic carbocycles. The maximum absolute atomic E-state index is 5.97. The summed E-state index contributed by atoms with van der Waals surface area (Å²) in [6.07, 6.45) is 4.60. The highest BCUT2D eigenvalue weighted by Gasteiger charge is 2.03. The first-order chi connectivity index (χ1) is 9.68. The molecule has 1 heterocycles. The van der Waals surface area contributed by atoms with Crippen LogP contribution in [0, 0.1) is 5.92 Å². The number of rotatable bonds is 7. The minimum absolute atomic E-state index is 0.593. The third-order valence-electron chi connectivity index (χ3n) is 3.08. The number of ether oxygens (including phenoxy) is 1. The van der Waals surface area contributed by atoms with Crippen LogP contribution in [-0.2, 0) is 4.74 Å². The Morgan fingerprint density at radius 1 is 1.25 bits per heavy atom. The van der Waals surface area contributed by atoms with E-state index in [1.165, 1.54) is 0 Å². The molecule has 3 N–H and O–H groups in total. The Hall–Kier alpha value is -1.81. The summed E-state index contributed by atoms with van der Waals surface area (Å²) in [5.74, 6) is 0.593. The average molecular weight is 273 g/mol. The van der Waals surface area contributed by atoms with Gasteiger partial charge in [0, 0.05) is 54.3 Å². The van der Waals surface area contributed by atoms with E-state index in [9.17, 15) is 0 Å². The van der Waals surface area contributed by atoms with Gasteiger partial charge in [-0.15, -0.1) is 0 Å². The molecule has 108 valence electrons. The molecule has 1 aromatic heterocycles. The van der Waals surface area contributed by atoms with E-state index in [1.54, 1.807) is 6.20 Å². The molecule has 0 aliphatic heterocycles. The molecule has 0 bridgehead atoms. The Morgan fingerprint density at radius 3 is 2.90 bits per heavy atom. The van der Waals surface area contributed by atoms with Gasteiger partial charge in [-0.3, -0.25) is 4.98 Å². The van der Waals surface area contributed by atoms with Crippen LogP contribution in [0.3, 0.4) is 0 Å². The van der Waals surface area contributed by atoms with Crippen LogP contribution >= 0.6 is 0 Å². The summed E-state index contributed by atoms with van der Waals surface area (Å²) in [5, 5.41) is 5.54. The molecule has 1 aromatic carbocycles. The zero-order valence-electron chi connectivity index (χ0n) is 12.2. The van der Waals surface area contributed by atoms with Gasteiger partial charge in [0.05, 0.1) is 0 Å². The number of anilines is 2. The monoisotopic (exact) mass is 273 g/mol. The molecule has 2 aromatic rings. The lowest BCUT2D eigenvalue weighted by molar-refractivity contribution is 0.110. The van der Waals surface area contributed by atoms with Crippen molar-refractivity contribution in [2.75, 3.05) is 30.8 Å². The molecular formula is C16H23N3O. The largest absolute Gasteiger partial charge is 0.398 e. The first-order valence-electron chi connectivity index (χ1n) is 7.12. The number of nitrogens with zero attached hydrogens (tertiary/aromatic N) is 1. The molecule has 4 nitrogen and oxygen atoms in total. The van der Waals surface area contributed by atoms with Crippen molar-refractivity contribution in [2.24, 2.45) is 5.92 Å². The summed E-state index contributed by atoms with van der Waals surface area (Å²) < 4.78 is 5.57. The van der Waals surface area contributed by atoms with Gasteiger partial charge >= 0.3 is 0 Å². The van der Waals surface area contributed by atoms with Gasteiger partial charge in [-0.05, 0) is 30.5 Å². The van der Waals surface area contributed by atoms with Crippen molar-refractivity contribution < 1.29 is 4.74 Å². The maximum atomic E-state index is 5.97. The van der Waals surface area contributed by atoms with Gasteiger partial charge in [0.25, 0.3) is 0 Å². The maximum Gasteiger partial charge on any atom is 0.0489 e. The summed E-state index contributed by atoms with van der Waals surface area (Å²) in [6, 6.07) is 5.88. The van der Waals surface area contributed by atoms with Gasteiger partial charge < -0.3 is 15.8 Å². The molecule has 0 aliphatic rings. The fraction of sp³-hybridized carbons (Fsp3) is 0.438. The summed E-state index contributed by atoms with van der Waals surface area (Å²) in [6.45, 7) is 6.81. The fourth-order valence-electron chi connectivity index (χ4n) is 2.08. The predicted molar refractivity (Wildman–Crippen MR) is 84.9 cm³/mol. The predicted octanol–water partition coefficient (Wildman–Crippen LogP) is 3.29. The minimum Gasteiger partial charge on any atom is -0.398 e. The topological polar surface area (TPSA) is 60.2 Å². The Kier molecular flexibility index (Phi) is 5.18. The average Bonchev–Trinajstić information content (AvgIpc) is 2.45. The smallest absolute Gasteiger partial charge is 0.0489 e. The number of pyridine rings is 1. The first kappa shape index (κ1) is 14.6. The summed E-state index contributed by atoms with van der Waals surface area (Å²) >= 11 is 0. The molecule has 0 fully saturated rings. The highest BCUT2D eigenvalue weighted by Crippen LogP contribution is 2.27. The molecule has 20 heavy (non-hydrogen) atoms. The Balaban J connectivity index is 1.89. The van der Waals surface area contributed by atoms with Crippen LogP contribution in [0.25, 0.3) is 10.8 Å². The lowest BCUT2D eigenvalue weighted by Crippen LogP contribution is -2.08. The van der Waals surface area contributed by atoms with Crippen LogP contribution in [-0.4, -0.2) is 24.7 Å². The summed E-state index contributed by atoms with van der Waals surface area (Å²) in [5.41, 5.74) is 7.83. The van der Waals surface area contributed by atoms with E-state index in [-0.39, 0.29) is 0 Å². The van der Waals surface area contributed by atoms with Crippen molar-refractivity contribution in [3.05, 3.63) is 30.6 Å². The molecule has 2 rings (SSSR count). The van der Waals surface area contributed by atoms with Crippen molar-refractivity contribution in [3.63, 3.8) is 0 Å². The van der Waals surface area contributed by atoms with Crippen LogP contribution in [0.1, 0.15) is 20.3 Å². The highest BCUT2D eigenvalue weighted by atomic mass is 16.5. The van der Waals surface area contributed by atoms with Gasteiger partial charge in [-0.1, -0.05) is 13.8 Å². The molecule has 4 heteroatoms. The lowest BCUT2D eigenvalue weighted by Gasteiger charge is -2.11. The third kappa shape index (κ3) is 3.84. The first-order valence-corrected chi connectivity index (χ1v) is 7.12. The number of nitrogens with one attached hydrogen (secondary N) is 1. The summed E-state index contributed by atoms with van der Waals surface area (Å²) in [4.78, 5) is 4.17. The van der Waals surface area contributed by atoms with Gasteiger partial charge in [0.1, 0.15) is 0 Å². The van der Waals surface area contributed by atoms with Crippen LogP contribution < -0.4 is 11.1 Å². The van der Waals surface area contributed by atoms with E-state index in [4.69, 9.17) is 10.5 Å². The zero-order valence-corrected chi connectivity index (χ0v) is 12.2. The van der Waals surface area contributed by atoms with E-state index in [1.807, 2.05) is 24.4 Å². The van der Waals surface area contributed by atoms with Crippen molar-refractivity contribution in [2.45, 2.75) is 20.3 Å². The molecular weight excluding hydrogens is 250 g/mol.